The lowest BCUT2D eigenvalue weighted by Gasteiger charge is -2.36. The maximum absolute atomic E-state index is 12.9. The van der Waals surface area contributed by atoms with Gasteiger partial charge >= 0.3 is 0 Å². The van der Waals surface area contributed by atoms with Gasteiger partial charge in [-0.25, -0.2) is 8.42 Å². The predicted molar refractivity (Wildman–Crippen MR) is 107 cm³/mol. The molecule has 0 bridgehead atoms. The van der Waals surface area contributed by atoms with Gasteiger partial charge in [0, 0.05) is 29.6 Å². The molecule has 1 fully saturated rings. The van der Waals surface area contributed by atoms with Gasteiger partial charge in [0.15, 0.2) is 0 Å². The van der Waals surface area contributed by atoms with Crippen molar-refractivity contribution in [1.82, 2.24) is 4.31 Å². The Bertz CT molecular complexity index is 926. The molecule has 0 N–H and O–H groups in total. The van der Waals surface area contributed by atoms with E-state index in [0.29, 0.717) is 17.3 Å². The Morgan fingerprint density at radius 1 is 1.12 bits per heavy atom. The fraction of sp³-hybridized carbons (Fsp3) is 0.333. The molecule has 0 saturated carbocycles. The highest BCUT2D eigenvalue weighted by Crippen LogP contribution is 2.31. The Morgan fingerprint density at radius 3 is 2.38 bits per heavy atom. The monoisotopic (exact) mass is 457 g/mol. The number of nitrogens with zero attached hydrogens (tertiary/aromatic N) is 1. The molecule has 0 radical (unpaired) electrons. The van der Waals surface area contributed by atoms with Crippen LogP contribution in [0.1, 0.15) is 13.8 Å². The van der Waals surface area contributed by atoms with E-state index in [4.69, 9.17) is 4.74 Å². The van der Waals surface area contributed by atoms with E-state index in [9.17, 15) is 12.6 Å². The molecule has 26 heavy (non-hydrogen) atoms. The quantitative estimate of drug-likeness (QED) is 0.700. The zero-order valence-electron chi connectivity index (χ0n) is 14.5. The van der Waals surface area contributed by atoms with Crippen molar-refractivity contribution in [2.45, 2.75) is 23.5 Å². The first kappa shape index (κ1) is 19.5. The standard InChI is InChI=1S/C18H20BrNO4S2/c1-18(2)13-20(11-12-25(18)21)26(22,23)15-9-7-14(8-10-15)24-17-6-4-3-5-16(17)19/h3-10H,11-13H2,1-2H3/t25-/m1/s1. The molecule has 1 atom stereocenters. The Morgan fingerprint density at radius 2 is 1.77 bits per heavy atom. The second-order valence-electron chi connectivity index (χ2n) is 6.65. The Labute approximate surface area is 165 Å². The topological polar surface area (TPSA) is 63.7 Å². The molecule has 2 aromatic carbocycles. The lowest BCUT2D eigenvalue weighted by Crippen LogP contribution is -2.51. The summed E-state index contributed by atoms with van der Waals surface area (Å²) >= 11 is 3.42. The number of halogens is 1. The van der Waals surface area contributed by atoms with E-state index in [1.807, 2.05) is 38.1 Å². The summed E-state index contributed by atoms with van der Waals surface area (Å²) in [6, 6.07) is 13.8. The van der Waals surface area contributed by atoms with Crippen molar-refractivity contribution in [3.8, 4) is 11.5 Å². The molecule has 8 heteroatoms. The normalized spacial score (nSPS) is 20.7. The van der Waals surface area contributed by atoms with Crippen LogP contribution in [-0.4, -0.2) is 40.5 Å². The maximum atomic E-state index is 12.9. The zero-order valence-corrected chi connectivity index (χ0v) is 17.7. The average molecular weight is 458 g/mol. The summed E-state index contributed by atoms with van der Waals surface area (Å²) in [5.41, 5.74) is 0. The highest BCUT2D eigenvalue weighted by molar-refractivity contribution is 9.10. The molecule has 0 unspecified atom stereocenters. The van der Waals surface area contributed by atoms with Crippen LogP contribution in [0.5, 0.6) is 11.5 Å². The van der Waals surface area contributed by atoms with Gasteiger partial charge in [-0.2, -0.15) is 4.31 Å². The van der Waals surface area contributed by atoms with E-state index < -0.39 is 25.6 Å². The molecule has 0 spiro atoms. The minimum Gasteiger partial charge on any atom is -0.456 e. The van der Waals surface area contributed by atoms with Gasteiger partial charge < -0.3 is 4.74 Å². The third-order valence-corrected chi connectivity index (χ3v) is 8.66. The van der Waals surface area contributed by atoms with Crippen LogP contribution in [0.25, 0.3) is 0 Å². The summed E-state index contributed by atoms with van der Waals surface area (Å²) in [7, 11) is -4.64. The smallest absolute Gasteiger partial charge is 0.243 e. The van der Waals surface area contributed by atoms with Crippen LogP contribution in [0.3, 0.4) is 0 Å². The summed E-state index contributed by atoms with van der Waals surface area (Å²) < 4.78 is 45.3. The third kappa shape index (κ3) is 4.03. The Balaban J connectivity index is 1.79. The number of sulfonamides is 1. The van der Waals surface area contributed by atoms with E-state index in [2.05, 4.69) is 15.9 Å². The largest absolute Gasteiger partial charge is 0.456 e. The molecular formula is C18H20BrNO4S2. The molecule has 1 saturated heterocycles. The van der Waals surface area contributed by atoms with Crippen molar-refractivity contribution in [3.63, 3.8) is 0 Å². The first-order valence-corrected chi connectivity index (χ1v) is 11.7. The van der Waals surface area contributed by atoms with Gasteiger partial charge in [-0.1, -0.05) is 12.1 Å². The summed E-state index contributed by atoms with van der Waals surface area (Å²) in [4.78, 5) is 0.209. The van der Waals surface area contributed by atoms with Crippen molar-refractivity contribution in [2.75, 3.05) is 18.8 Å². The van der Waals surface area contributed by atoms with Crippen LogP contribution in [0.15, 0.2) is 57.9 Å². The van der Waals surface area contributed by atoms with Gasteiger partial charge in [-0.05, 0) is 66.2 Å². The van der Waals surface area contributed by atoms with Gasteiger partial charge in [0.25, 0.3) is 0 Å². The lowest BCUT2D eigenvalue weighted by atomic mass is 10.2. The molecule has 5 nitrogen and oxygen atoms in total. The van der Waals surface area contributed by atoms with Gasteiger partial charge in [0.05, 0.1) is 14.1 Å². The Hall–Kier alpha value is -1.22. The van der Waals surface area contributed by atoms with Crippen LogP contribution >= 0.6 is 15.9 Å². The molecule has 0 aromatic heterocycles. The average Bonchev–Trinajstić information content (AvgIpc) is 2.60. The van der Waals surface area contributed by atoms with Crippen molar-refractivity contribution in [3.05, 3.63) is 53.0 Å². The van der Waals surface area contributed by atoms with Crippen molar-refractivity contribution in [2.24, 2.45) is 0 Å². The first-order chi connectivity index (χ1) is 12.2. The molecule has 0 aliphatic carbocycles. The summed E-state index contributed by atoms with van der Waals surface area (Å²) in [5, 5.41) is 0. The summed E-state index contributed by atoms with van der Waals surface area (Å²) in [5.74, 6) is 1.56. The fourth-order valence-electron chi connectivity index (χ4n) is 2.73. The second kappa shape index (κ2) is 7.42. The maximum Gasteiger partial charge on any atom is 0.243 e. The number of hydrogen-bond acceptors (Lipinski definition) is 4. The molecule has 2 aromatic rings. The number of hydrogen-bond donors (Lipinski definition) is 0. The molecule has 140 valence electrons. The number of ether oxygens (including phenoxy) is 1. The molecule has 1 aliphatic heterocycles. The number of para-hydroxylation sites is 1. The summed E-state index contributed by atoms with van der Waals surface area (Å²) in [6.07, 6.45) is 0. The highest BCUT2D eigenvalue weighted by atomic mass is 79.9. The lowest BCUT2D eigenvalue weighted by molar-refractivity contribution is 0.378. The highest BCUT2D eigenvalue weighted by Gasteiger charge is 2.38. The zero-order chi connectivity index (χ0) is 18.9. The second-order valence-corrected chi connectivity index (χ2v) is 11.6. The van der Waals surface area contributed by atoms with Crippen LogP contribution in [0.2, 0.25) is 0 Å². The molecular weight excluding hydrogens is 438 g/mol. The Kier molecular flexibility index (Phi) is 5.58. The first-order valence-electron chi connectivity index (χ1n) is 8.11. The predicted octanol–water partition coefficient (Wildman–Crippen LogP) is 3.77. The van der Waals surface area contributed by atoms with E-state index in [-0.39, 0.29) is 18.0 Å². The van der Waals surface area contributed by atoms with Crippen LogP contribution in [0.4, 0.5) is 0 Å². The molecule has 3 rings (SSSR count). The number of rotatable bonds is 4. The van der Waals surface area contributed by atoms with Gasteiger partial charge in [-0.3, -0.25) is 4.21 Å². The molecule has 1 aliphatic rings. The fourth-order valence-corrected chi connectivity index (χ4v) is 6.13. The molecule has 0 amide bonds. The summed E-state index contributed by atoms with van der Waals surface area (Å²) in [6.45, 7) is 4.18. The van der Waals surface area contributed by atoms with Crippen molar-refractivity contribution < 1.29 is 17.4 Å². The third-order valence-electron chi connectivity index (χ3n) is 4.23. The number of benzene rings is 2. The van der Waals surface area contributed by atoms with Crippen molar-refractivity contribution >= 4 is 36.8 Å². The van der Waals surface area contributed by atoms with E-state index >= 15 is 0 Å². The SMILES string of the molecule is CC1(C)CN(S(=O)(=O)c2ccc(Oc3ccccc3Br)cc2)CC[S@]1=O. The van der Waals surface area contributed by atoms with Gasteiger partial charge in [-0.15, -0.1) is 0 Å². The van der Waals surface area contributed by atoms with Crippen LogP contribution in [-0.2, 0) is 20.8 Å². The van der Waals surface area contributed by atoms with Crippen LogP contribution in [0, 0.1) is 0 Å². The van der Waals surface area contributed by atoms with E-state index in [1.54, 1.807) is 24.3 Å². The minimum atomic E-state index is -3.62. The van der Waals surface area contributed by atoms with E-state index in [0.717, 1.165) is 4.47 Å². The van der Waals surface area contributed by atoms with Crippen LogP contribution < -0.4 is 4.74 Å². The van der Waals surface area contributed by atoms with E-state index in [1.165, 1.54) is 4.31 Å². The molecule has 1 heterocycles. The van der Waals surface area contributed by atoms with Gasteiger partial charge in [0.2, 0.25) is 10.0 Å². The van der Waals surface area contributed by atoms with Crippen molar-refractivity contribution in [1.29, 1.82) is 0 Å². The van der Waals surface area contributed by atoms with Gasteiger partial charge in [0.1, 0.15) is 11.5 Å². The minimum absolute atomic E-state index is 0.209.